The van der Waals surface area contributed by atoms with E-state index in [9.17, 15) is 9.18 Å². The van der Waals surface area contributed by atoms with E-state index >= 15 is 0 Å². The van der Waals surface area contributed by atoms with Gasteiger partial charge in [-0.1, -0.05) is 6.92 Å². The van der Waals surface area contributed by atoms with Crippen LogP contribution < -0.4 is 0 Å². The van der Waals surface area contributed by atoms with Crippen molar-refractivity contribution in [3.8, 4) is 0 Å². The van der Waals surface area contributed by atoms with Gasteiger partial charge in [0.15, 0.2) is 0 Å². The molecule has 0 unspecified atom stereocenters. The smallest absolute Gasteiger partial charge is 0.318 e. The van der Waals surface area contributed by atoms with Crippen molar-refractivity contribution in [2.45, 2.75) is 13.3 Å². The van der Waals surface area contributed by atoms with Crippen molar-refractivity contribution in [3.63, 3.8) is 0 Å². The summed E-state index contributed by atoms with van der Waals surface area (Å²) >= 11 is 0. The summed E-state index contributed by atoms with van der Waals surface area (Å²) in [7, 11) is 1.44. The molecule has 0 heterocycles. The molecule has 0 fully saturated rings. The molecule has 0 aliphatic rings. The maximum Gasteiger partial charge on any atom is 0.399 e. The van der Waals surface area contributed by atoms with Gasteiger partial charge in [0.05, 0.1) is 0 Å². The van der Waals surface area contributed by atoms with E-state index < -0.39 is 6.16 Å². The summed E-state index contributed by atoms with van der Waals surface area (Å²) in [6.07, 6.45) is -0.557. The van der Waals surface area contributed by atoms with E-state index in [2.05, 4.69) is 0 Å². The van der Waals surface area contributed by atoms with Crippen LogP contribution in [0.5, 0.6) is 0 Å². The molecule has 0 bridgehead atoms. The molecule has 1 amide bonds. The minimum Gasteiger partial charge on any atom is -0.318 e. The summed E-state index contributed by atoms with van der Waals surface area (Å²) in [5.74, 6) is 0. The zero-order valence-corrected chi connectivity index (χ0v) is 5.15. The maximum atomic E-state index is 11.6. The highest BCUT2D eigenvalue weighted by atomic mass is 19.1. The van der Waals surface area contributed by atoms with Gasteiger partial charge < -0.3 is 4.90 Å². The minimum atomic E-state index is -1.35. The van der Waals surface area contributed by atoms with Gasteiger partial charge in [0.25, 0.3) is 0 Å². The average molecular weight is 119 g/mol. The molecular weight excluding hydrogens is 109 g/mol. The fourth-order valence-electron chi connectivity index (χ4n) is 0.423. The lowest BCUT2D eigenvalue weighted by Crippen LogP contribution is -2.21. The van der Waals surface area contributed by atoms with Gasteiger partial charge in [0, 0.05) is 13.6 Å². The fourth-order valence-corrected chi connectivity index (χ4v) is 0.423. The zero-order chi connectivity index (χ0) is 6.57. The minimum absolute atomic E-state index is 0.495. The second-order valence-corrected chi connectivity index (χ2v) is 1.67. The monoisotopic (exact) mass is 119 g/mol. The number of hydrogen-bond acceptors (Lipinski definition) is 1. The van der Waals surface area contributed by atoms with Crippen LogP contribution in [-0.2, 0) is 0 Å². The third-order valence-corrected chi connectivity index (χ3v) is 0.859. The van der Waals surface area contributed by atoms with Crippen LogP contribution in [0.15, 0.2) is 0 Å². The highest BCUT2D eigenvalue weighted by molar-refractivity contribution is 5.65. The average Bonchev–Trinajstić information content (AvgIpc) is 1.67. The third kappa shape index (κ3) is 2.55. The maximum absolute atomic E-state index is 11.6. The Hall–Kier alpha value is -0.600. The summed E-state index contributed by atoms with van der Waals surface area (Å²) in [6, 6.07) is 0. The Morgan fingerprint density at radius 1 is 1.75 bits per heavy atom. The lowest BCUT2D eigenvalue weighted by Gasteiger charge is -2.08. The van der Waals surface area contributed by atoms with Crippen LogP contribution in [0.25, 0.3) is 0 Å². The molecule has 0 aliphatic carbocycles. The summed E-state index contributed by atoms with van der Waals surface area (Å²) < 4.78 is 11.6. The summed E-state index contributed by atoms with van der Waals surface area (Å²) in [6.45, 7) is 2.38. The Kier molecular flexibility index (Phi) is 3.15. The molecule has 0 rings (SSSR count). The molecule has 0 saturated carbocycles. The Bertz CT molecular complexity index is 84.5. The summed E-state index contributed by atoms with van der Waals surface area (Å²) in [5.41, 5.74) is 0. The first-order chi connectivity index (χ1) is 3.68. The van der Waals surface area contributed by atoms with Gasteiger partial charge in [-0.3, -0.25) is 0 Å². The lowest BCUT2D eigenvalue weighted by atomic mass is 10.5. The number of hydrogen-bond donors (Lipinski definition) is 0. The molecule has 0 saturated heterocycles. The molecule has 0 N–H and O–H groups in total. The molecule has 0 aliphatic heterocycles. The summed E-state index contributed by atoms with van der Waals surface area (Å²) in [4.78, 5) is 10.8. The van der Waals surface area contributed by atoms with Crippen molar-refractivity contribution in [1.82, 2.24) is 4.90 Å². The number of amides is 1. The van der Waals surface area contributed by atoms with Crippen molar-refractivity contribution < 1.29 is 9.18 Å². The molecule has 3 heteroatoms. The SMILES string of the molecule is CCCN(C)C(=O)F. The van der Waals surface area contributed by atoms with Crippen LogP contribution in [0.1, 0.15) is 13.3 Å². The molecule has 48 valence electrons. The van der Waals surface area contributed by atoms with Gasteiger partial charge in [-0.2, -0.15) is 0 Å². The third-order valence-electron chi connectivity index (χ3n) is 0.859. The van der Waals surface area contributed by atoms with Gasteiger partial charge >= 0.3 is 6.16 Å². The highest BCUT2D eigenvalue weighted by Gasteiger charge is 2.01. The molecule has 0 atom stereocenters. The quantitative estimate of drug-likeness (QED) is 0.397. The predicted octanol–water partition coefficient (Wildman–Crippen LogP) is 1.42. The standard InChI is InChI=1S/C5H10FNO/c1-3-4-7(2)5(6)8/h3-4H2,1-2H3. The summed E-state index contributed by atoms with van der Waals surface area (Å²) in [5, 5.41) is 0. The van der Waals surface area contributed by atoms with E-state index in [1.807, 2.05) is 6.92 Å². The Balaban J connectivity index is 3.32. The molecule has 0 aromatic rings. The molecule has 2 nitrogen and oxygen atoms in total. The van der Waals surface area contributed by atoms with Crippen LogP contribution in [0.2, 0.25) is 0 Å². The first-order valence-corrected chi connectivity index (χ1v) is 2.59. The van der Waals surface area contributed by atoms with Crippen LogP contribution in [0.4, 0.5) is 9.18 Å². The van der Waals surface area contributed by atoms with E-state index in [-0.39, 0.29) is 0 Å². The van der Waals surface area contributed by atoms with Crippen molar-refractivity contribution in [1.29, 1.82) is 0 Å². The molecule has 0 radical (unpaired) electrons. The molecule has 0 spiro atoms. The van der Waals surface area contributed by atoms with Crippen molar-refractivity contribution in [2.24, 2.45) is 0 Å². The number of carbonyl (C=O) groups is 1. The first kappa shape index (κ1) is 7.40. The second kappa shape index (κ2) is 3.41. The number of halogens is 1. The number of rotatable bonds is 2. The van der Waals surface area contributed by atoms with Crippen molar-refractivity contribution in [2.75, 3.05) is 13.6 Å². The fraction of sp³-hybridized carbons (Fsp3) is 0.800. The molecule has 0 aromatic carbocycles. The second-order valence-electron chi connectivity index (χ2n) is 1.67. The Morgan fingerprint density at radius 2 is 2.25 bits per heavy atom. The van der Waals surface area contributed by atoms with E-state index in [0.717, 1.165) is 11.3 Å². The van der Waals surface area contributed by atoms with Gasteiger partial charge in [0.1, 0.15) is 0 Å². The van der Waals surface area contributed by atoms with Gasteiger partial charge in [-0.15, -0.1) is 4.39 Å². The van der Waals surface area contributed by atoms with Crippen LogP contribution in [0.3, 0.4) is 0 Å². The van der Waals surface area contributed by atoms with E-state index in [0.29, 0.717) is 6.54 Å². The van der Waals surface area contributed by atoms with Gasteiger partial charge in [-0.05, 0) is 6.42 Å². The van der Waals surface area contributed by atoms with Crippen LogP contribution >= 0.6 is 0 Å². The topological polar surface area (TPSA) is 20.3 Å². The number of carbonyl (C=O) groups excluding carboxylic acids is 1. The number of nitrogens with zero attached hydrogens (tertiary/aromatic N) is 1. The Morgan fingerprint density at radius 3 is 2.38 bits per heavy atom. The van der Waals surface area contributed by atoms with Gasteiger partial charge in [0.2, 0.25) is 0 Å². The molecule has 0 aromatic heterocycles. The van der Waals surface area contributed by atoms with E-state index in [1.54, 1.807) is 0 Å². The normalized spacial score (nSPS) is 8.88. The molecular formula is C5H10FNO. The van der Waals surface area contributed by atoms with Crippen LogP contribution in [0, 0.1) is 0 Å². The van der Waals surface area contributed by atoms with Gasteiger partial charge in [-0.25, -0.2) is 4.79 Å². The highest BCUT2D eigenvalue weighted by Crippen LogP contribution is 1.88. The zero-order valence-electron chi connectivity index (χ0n) is 5.15. The largest absolute Gasteiger partial charge is 0.399 e. The first-order valence-electron chi connectivity index (χ1n) is 2.59. The van der Waals surface area contributed by atoms with Crippen molar-refractivity contribution >= 4 is 6.16 Å². The molecule has 8 heavy (non-hydrogen) atoms. The van der Waals surface area contributed by atoms with E-state index in [1.165, 1.54) is 7.05 Å². The van der Waals surface area contributed by atoms with Crippen molar-refractivity contribution in [3.05, 3.63) is 0 Å². The lowest BCUT2D eigenvalue weighted by molar-refractivity contribution is 0.186. The predicted molar refractivity (Wildman–Crippen MR) is 29.4 cm³/mol. The van der Waals surface area contributed by atoms with Crippen LogP contribution in [-0.4, -0.2) is 24.7 Å². The Labute approximate surface area is 48.3 Å². The van der Waals surface area contributed by atoms with E-state index in [4.69, 9.17) is 0 Å².